The van der Waals surface area contributed by atoms with Crippen molar-refractivity contribution in [3.8, 4) is 0 Å². The first-order valence-corrected chi connectivity index (χ1v) is 7.60. The van der Waals surface area contributed by atoms with Crippen LogP contribution in [0.4, 0.5) is 0 Å². The van der Waals surface area contributed by atoms with Crippen LogP contribution in [-0.2, 0) is 21.3 Å². The summed E-state index contributed by atoms with van der Waals surface area (Å²) in [6.07, 6.45) is 0. The number of aromatic nitrogens is 2. The Bertz CT molecular complexity index is 498. The second-order valence-electron chi connectivity index (χ2n) is 4.15. The van der Waals surface area contributed by atoms with Crippen LogP contribution in [0.3, 0.4) is 0 Å². The molecule has 0 aromatic carbocycles. The maximum absolute atomic E-state index is 12.5. The van der Waals surface area contributed by atoms with E-state index in [1.165, 1.54) is 4.31 Å². The van der Waals surface area contributed by atoms with Crippen LogP contribution < -0.4 is 5.32 Å². The van der Waals surface area contributed by atoms with Crippen molar-refractivity contribution in [2.24, 2.45) is 0 Å². The van der Waals surface area contributed by atoms with Crippen LogP contribution in [0.25, 0.3) is 0 Å². The van der Waals surface area contributed by atoms with Crippen LogP contribution in [0, 0.1) is 6.92 Å². The minimum atomic E-state index is -3.58. The van der Waals surface area contributed by atoms with Crippen molar-refractivity contribution in [3.63, 3.8) is 0 Å². The van der Waals surface area contributed by atoms with Crippen molar-refractivity contribution in [2.45, 2.75) is 25.4 Å². The third-order valence-corrected chi connectivity index (χ3v) is 4.82. The molecule has 0 aliphatic rings. The first kappa shape index (κ1) is 16.1. The number of hydrogen-bond donors (Lipinski definition) is 2. The molecule has 0 aliphatic carbocycles. The summed E-state index contributed by atoms with van der Waals surface area (Å²) in [5, 5.41) is 9.73. The van der Waals surface area contributed by atoms with Gasteiger partial charge < -0.3 is 10.1 Å². The number of sulfonamides is 1. The van der Waals surface area contributed by atoms with Gasteiger partial charge in [0, 0.05) is 38.0 Å². The lowest BCUT2D eigenvalue weighted by Gasteiger charge is -2.19. The number of rotatable bonds is 8. The molecule has 1 aromatic heterocycles. The van der Waals surface area contributed by atoms with E-state index in [2.05, 4.69) is 15.5 Å². The van der Waals surface area contributed by atoms with Crippen molar-refractivity contribution in [1.82, 2.24) is 19.8 Å². The molecule has 0 atom stereocenters. The lowest BCUT2D eigenvalue weighted by molar-refractivity contribution is 0.180. The maximum Gasteiger partial charge on any atom is 0.262 e. The fourth-order valence-corrected chi connectivity index (χ4v) is 3.39. The molecule has 2 N–H and O–H groups in total. The first-order valence-electron chi connectivity index (χ1n) is 6.16. The summed E-state index contributed by atoms with van der Waals surface area (Å²) in [4.78, 5) is 0. The Hall–Kier alpha value is -0.960. The molecule has 110 valence electrons. The van der Waals surface area contributed by atoms with Crippen LogP contribution >= 0.6 is 0 Å². The Balaban J connectivity index is 3.11. The lowest BCUT2D eigenvalue weighted by atomic mass is 10.3. The monoisotopic (exact) mass is 290 g/mol. The predicted octanol–water partition coefficient (Wildman–Crippen LogP) is 0.0945. The Labute approximate surface area is 114 Å². The topological polar surface area (TPSA) is 87.3 Å². The molecule has 0 saturated heterocycles. The molecule has 19 heavy (non-hydrogen) atoms. The zero-order valence-corrected chi connectivity index (χ0v) is 12.7. The largest absolute Gasteiger partial charge is 0.383 e. The minimum absolute atomic E-state index is 0.0947. The van der Waals surface area contributed by atoms with Crippen molar-refractivity contribution in [2.75, 3.05) is 33.9 Å². The molecule has 0 fully saturated rings. The van der Waals surface area contributed by atoms with Gasteiger partial charge in [0.2, 0.25) is 0 Å². The highest BCUT2D eigenvalue weighted by Crippen LogP contribution is 2.20. The molecule has 1 heterocycles. The Morgan fingerprint density at radius 2 is 2.16 bits per heavy atom. The van der Waals surface area contributed by atoms with E-state index in [4.69, 9.17) is 4.74 Å². The molecule has 8 heteroatoms. The van der Waals surface area contributed by atoms with Gasteiger partial charge in [0.15, 0.2) is 5.03 Å². The molecule has 0 amide bonds. The standard InChI is InChI=1S/C11H22N4O3S/c1-5-15(6-7-18-4)19(16,17)11-10(8-12-3)9(2)13-14-11/h12H,5-8H2,1-4H3,(H,13,14). The van der Waals surface area contributed by atoms with Gasteiger partial charge in [-0.15, -0.1) is 0 Å². The van der Waals surface area contributed by atoms with Gasteiger partial charge in [0.25, 0.3) is 10.0 Å². The minimum Gasteiger partial charge on any atom is -0.383 e. The van der Waals surface area contributed by atoms with E-state index in [0.29, 0.717) is 31.8 Å². The fraction of sp³-hybridized carbons (Fsp3) is 0.727. The number of H-pyrrole nitrogens is 1. The summed E-state index contributed by atoms with van der Waals surface area (Å²) < 4.78 is 31.4. The molecule has 0 bridgehead atoms. The third-order valence-electron chi connectivity index (χ3n) is 2.87. The predicted molar refractivity (Wildman–Crippen MR) is 72.4 cm³/mol. The summed E-state index contributed by atoms with van der Waals surface area (Å²) in [5.41, 5.74) is 1.44. The number of ether oxygens (including phenoxy) is 1. The first-order chi connectivity index (χ1) is 8.98. The number of methoxy groups -OCH3 is 1. The molecule has 7 nitrogen and oxygen atoms in total. The quantitative estimate of drug-likeness (QED) is 0.709. The van der Waals surface area contributed by atoms with Crippen LogP contribution in [0.2, 0.25) is 0 Å². The van der Waals surface area contributed by atoms with Gasteiger partial charge in [0.05, 0.1) is 6.61 Å². The average Bonchev–Trinajstić information content (AvgIpc) is 2.73. The number of aryl methyl sites for hydroxylation is 1. The second kappa shape index (κ2) is 6.99. The van der Waals surface area contributed by atoms with Gasteiger partial charge in [-0.2, -0.15) is 9.40 Å². The molecular weight excluding hydrogens is 268 g/mol. The zero-order chi connectivity index (χ0) is 14.5. The van der Waals surface area contributed by atoms with E-state index in [-0.39, 0.29) is 5.03 Å². The maximum atomic E-state index is 12.5. The molecule has 1 rings (SSSR count). The second-order valence-corrected chi connectivity index (χ2v) is 6.01. The molecular formula is C11H22N4O3S. The van der Waals surface area contributed by atoms with E-state index in [0.717, 1.165) is 5.69 Å². The summed E-state index contributed by atoms with van der Waals surface area (Å²) in [5.74, 6) is 0. The Kier molecular flexibility index (Phi) is 5.92. The molecule has 0 unspecified atom stereocenters. The van der Waals surface area contributed by atoms with Gasteiger partial charge in [0.1, 0.15) is 0 Å². The van der Waals surface area contributed by atoms with Crippen LogP contribution in [-0.4, -0.2) is 56.8 Å². The number of hydrogen-bond acceptors (Lipinski definition) is 5. The average molecular weight is 290 g/mol. The SMILES string of the molecule is CCN(CCOC)S(=O)(=O)c1n[nH]c(C)c1CNC. The molecule has 0 spiro atoms. The van der Waals surface area contributed by atoms with Gasteiger partial charge in [-0.05, 0) is 14.0 Å². The number of aromatic amines is 1. The Morgan fingerprint density at radius 1 is 1.47 bits per heavy atom. The highest BCUT2D eigenvalue weighted by atomic mass is 32.2. The summed E-state index contributed by atoms with van der Waals surface area (Å²) in [6, 6.07) is 0. The van der Waals surface area contributed by atoms with E-state index in [1.54, 1.807) is 21.1 Å². The molecule has 0 saturated carbocycles. The van der Waals surface area contributed by atoms with Crippen LogP contribution in [0.15, 0.2) is 5.03 Å². The summed E-state index contributed by atoms with van der Waals surface area (Å²) in [7, 11) is -0.268. The zero-order valence-electron chi connectivity index (χ0n) is 11.9. The van der Waals surface area contributed by atoms with Crippen LogP contribution in [0.5, 0.6) is 0 Å². The van der Waals surface area contributed by atoms with Gasteiger partial charge >= 0.3 is 0 Å². The van der Waals surface area contributed by atoms with Gasteiger partial charge in [-0.3, -0.25) is 5.10 Å². The highest BCUT2D eigenvalue weighted by Gasteiger charge is 2.29. The normalized spacial score (nSPS) is 12.3. The fourth-order valence-electron chi connectivity index (χ4n) is 1.79. The van der Waals surface area contributed by atoms with E-state index >= 15 is 0 Å². The third kappa shape index (κ3) is 3.53. The number of nitrogens with zero attached hydrogens (tertiary/aromatic N) is 2. The van der Waals surface area contributed by atoms with E-state index in [9.17, 15) is 8.42 Å². The molecule has 0 radical (unpaired) electrons. The van der Waals surface area contributed by atoms with E-state index in [1.807, 2.05) is 6.92 Å². The summed E-state index contributed by atoms with van der Waals surface area (Å²) in [6.45, 7) is 5.13. The highest BCUT2D eigenvalue weighted by molar-refractivity contribution is 7.89. The lowest BCUT2D eigenvalue weighted by Crippen LogP contribution is -2.34. The van der Waals surface area contributed by atoms with Gasteiger partial charge in [-0.25, -0.2) is 8.42 Å². The van der Waals surface area contributed by atoms with Crippen molar-refractivity contribution < 1.29 is 13.2 Å². The van der Waals surface area contributed by atoms with Crippen molar-refractivity contribution in [3.05, 3.63) is 11.3 Å². The van der Waals surface area contributed by atoms with E-state index < -0.39 is 10.0 Å². The Morgan fingerprint density at radius 3 is 2.68 bits per heavy atom. The van der Waals surface area contributed by atoms with Gasteiger partial charge in [-0.1, -0.05) is 6.92 Å². The van der Waals surface area contributed by atoms with Crippen LogP contribution in [0.1, 0.15) is 18.2 Å². The smallest absolute Gasteiger partial charge is 0.262 e. The van der Waals surface area contributed by atoms with Crippen molar-refractivity contribution in [1.29, 1.82) is 0 Å². The number of nitrogens with one attached hydrogen (secondary N) is 2. The number of likely N-dealkylation sites (N-methyl/N-ethyl adjacent to an activating group) is 1. The van der Waals surface area contributed by atoms with Crippen molar-refractivity contribution >= 4 is 10.0 Å². The molecule has 0 aliphatic heterocycles. The molecule has 1 aromatic rings. The summed E-state index contributed by atoms with van der Waals surface area (Å²) >= 11 is 0.